The van der Waals surface area contributed by atoms with E-state index in [4.69, 9.17) is 4.74 Å². The van der Waals surface area contributed by atoms with Gasteiger partial charge < -0.3 is 15.4 Å². The Kier molecular flexibility index (Phi) is 7.08. The van der Waals surface area contributed by atoms with Crippen molar-refractivity contribution in [3.63, 3.8) is 0 Å². The molecule has 0 unspecified atom stereocenters. The van der Waals surface area contributed by atoms with Crippen LogP contribution in [-0.4, -0.2) is 54.6 Å². The van der Waals surface area contributed by atoms with E-state index in [2.05, 4.69) is 15.7 Å². The van der Waals surface area contributed by atoms with Crippen LogP contribution in [0.3, 0.4) is 0 Å². The Morgan fingerprint density at radius 2 is 1.93 bits per heavy atom. The predicted octanol–water partition coefficient (Wildman–Crippen LogP) is 3.95. The fourth-order valence-electron chi connectivity index (χ4n) is 5.24. The summed E-state index contributed by atoms with van der Waals surface area (Å²) in [5, 5.41) is 10.0. The number of anilines is 1. The highest BCUT2D eigenvalue weighted by molar-refractivity contribution is 7.91. The molecule has 1 aliphatic heterocycles. The number of aryl methyl sites for hydroxylation is 1. The van der Waals surface area contributed by atoms with Crippen molar-refractivity contribution < 1.29 is 40.3 Å². The van der Waals surface area contributed by atoms with Crippen molar-refractivity contribution in [3.8, 4) is 11.4 Å². The van der Waals surface area contributed by atoms with Crippen LogP contribution in [0.25, 0.3) is 5.69 Å². The summed E-state index contributed by atoms with van der Waals surface area (Å²) >= 11 is 0. The maximum atomic E-state index is 13.6. The number of halogens is 4. The number of sulfone groups is 1. The number of hydrogen-bond donors (Lipinski definition) is 2. The molecular weight excluding hydrogens is 568 g/mol. The van der Waals surface area contributed by atoms with Crippen LogP contribution in [0.1, 0.15) is 52.5 Å². The number of carbonyl (C=O) groups is 2. The number of ether oxygens (including phenoxy) is 1. The lowest BCUT2D eigenvalue weighted by Gasteiger charge is -2.35. The van der Waals surface area contributed by atoms with Crippen LogP contribution < -0.4 is 15.4 Å². The van der Waals surface area contributed by atoms with Crippen molar-refractivity contribution in [2.45, 2.75) is 44.1 Å². The van der Waals surface area contributed by atoms with Gasteiger partial charge in [-0.05, 0) is 48.2 Å². The molecule has 0 fully saturated rings. The number of benzene rings is 2. The van der Waals surface area contributed by atoms with Crippen molar-refractivity contribution in [1.82, 2.24) is 15.1 Å². The van der Waals surface area contributed by atoms with Crippen LogP contribution in [0.5, 0.6) is 5.75 Å². The number of rotatable bonds is 8. The highest BCUT2D eigenvalue weighted by Crippen LogP contribution is 2.44. The van der Waals surface area contributed by atoms with Gasteiger partial charge in [-0.15, -0.1) is 0 Å². The molecule has 1 aromatic heterocycles. The van der Waals surface area contributed by atoms with E-state index >= 15 is 0 Å². The molecule has 2 heterocycles. The molecule has 41 heavy (non-hydrogen) atoms. The summed E-state index contributed by atoms with van der Waals surface area (Å²) in [6.07, 6.45) is -0.613. The summed E-state index contributed by atoms with van der Waals surface area (Å²) in [4.78, 5) is 26.2. The number of amides is 2. The molecule has 0 saturated carbocycles. The zero-order valence-corrected chi connectivity index (χ0v) is 22.8. The van der Waals surface area contributed by atoms with Gasteiger partial charge in [0.25, 0.3) is 18.3 Å². The maximum Gasteiger partial charge on any atom is 0.278 e. The van der Waals surface area contributed by atoms with E-state index in [9.17, 15) is 35.6 Å². The molecule has 2 amide bonds. The van der Waals surface area contributed by atoms with Gasteiger partial charge in [0.1, 0.15) is 22.9 Å². The maximum absolute atomic E-state index is 13.6. The second-order valence-electron chi connectivity index (χ2n) is 10.5. The number of hydrogen-bond acceptors (Lipinski definition) is 6. The largest absolute Gasteiger partial charge is 0.487 e. The summed E-state index contributed by atoms with van der Waals surface area (Å²) in [6, 6.07) is 10.0. The lowest BCUT2D eigenvalue weighted by atomic mass is 9.82. The minimum atomic E-state index is -3.70. The molecular formula is C27H26F4N4O5S. The molecule has 2 aromatic carbocycles. The van der Waals surface area contributed by atoms with Crippen molar-refractivity contribution in [3.05, 3.63) is 70.4 Å². The van der Waals surface area contributed by atoms with E-state index in [0.717, 1.165) is 24.3 Å². The zero-order valence-electron chi connectivity index (χ0n) is 22.0. The lowest BCUT2D eigenvalue weighted by molar-refractivity contribution is -0.113. The third-order valence-electron chi connectivity index (χ3n) is 6.95. The first-order valence-electron chi connectivity index (χ1n) is 12.6. The Morgan fingerprint density at radius 3 is 2.56 bits per heavy atom. The lowest BCUT2D eigenvalue weighted by Crippen LogP contribution is -2.49. The van der Waals surface area contributed by atoms with Gasteiger partial charge in [-0.25, -0.2) is 30.7 Å². The molecule has 1 aliphatic carbocycles. The first kappa shape index (κ1) is 28.6. The molecule has 1 spiro atoms. The summed E-state index contributed by atoms with van der Waals surface area (Å²) in [5.74, 6) is -5.13. The van der Waals surface area contributed by atoms with Gasteiger partial charge in [-0.1, -0.05) is 18.2 Å². The van der Waals surface area contributed by atoms with Crippen LogP contribution in [0, 0.1) is 0 Å². The third-order valence-corrected chi connectivity index (χ3v) is 7.74. The van der Waals surface area contributed by atoms with Crippen LogP contribution in [-0.2, 0) is 33.0 Å². The normalized spacial score (nSPS) is 18.3. The number of alkyl halides is 4. The topological polar surface area (TPSA) is 119 Å². The Balaban J connectivity index is 1.52. The molecule has 14 heteroatoms. The molecule has 3 aromatic rings. The monoisotopic (exact) mass is 594 g/mol. The van der Waals surface area contributed by atoms with Gasteiger partial charge in [0.05, 0.1) is 16.9 Å². The standard InChI is InChI=1S/C27H26F4N4O5S/c1-26(30,31)14-40-18-7-8-19-16(11-18)9-10-27(19)12-20-22(25(37)33-27)24(32-21(36)13-41(2,38)39)35(34-20)17-5-3-15(4-6-17)23(28)29/h3-8,11,23H,9-10,12-14H2,1-2H3,(H,32,36)(H,33,37)/t27-/m0/s1. The second kappa shape index (κ2) is 10.2. The van der Waals surface area contributed by atoms with E-state index in [0.29, 0.717) is 18.5 Å². The van der Waals surface area contributed by atoms with Gasteiger partial charge in [0.2, 0.25) is 5.91 Å². The molecule has 0 bridgehead atoms. The molecule has 9 nitrogen and oxygen atoms in total. The summed E-state index contributed by atoms with van der Waals surface area (Å²) in [5.41, 5.74) is 1.06. The van der Waals surface area contributed by atoms with Crippen LogP contribution >= 0.6 is 0 Å². The average Bonchev–Trinajstić information content (AvgIpc) is 3.39. The van der Waals surface area contributed by atoms with Gasteiger partial charge in [-0.2, -0.15) is 5.10 Å². The minimum Gasteiger partial charge on any atom is -0.487 e. The van der Waals surface area contributed by atoms with Crippen LogP contribution in [0.2, 0.25) is 0 Å². The SMILES string of the molecule is CC(F)(F)COc1ccc2c(c1)CC[C@]21Cc2nn(-c3ccc(C(F)F)cc3)c(NC(=O)CS(C)(=O)=O)c2C(=O)N1. The molecule has 1 atom stereocenters. The predicted molar refractivity (Wildman–Crippen MR) is 141 cm³/mol. The summed E-state index contributed by atoms with van der Waals surface area (Å²) < 4.78 is 82.6. The third kappa shape index (κ3) is 5.92. The summed E-state index contributed by atoms with van der Waals surface area (Å²) in [7, 11) is -3.70. The van der Waals surface area contributed by atoms with Crippen LogP contribution in [0.15, 0.2) is 42.5 Å². The van der Waals surface area contributed by atoms with Gasteiger partial charge >= 0.3 is 0 Å². The highest BCUT2D eigenvalue weighted by atomic mass is 32.2. The molecule has 2 N–H and O–H groups in total. The van der Waals surface area contributed by atoms with Crippen molar-refractivity contribution in [2.24, 2.45) is 0 Å². The molecule has 0 saturated heterocycles. The number of fused-ring (bicyclic) bond motifs is 3. The number of carbonyl (C=O) groups excluding carboxylic acids is 2. The van der Waals surface area contributed by atoms with Crippen molar-refractivity contribution in [1.29, 1.82) is 0 Å². The fourth-order valence-corrected chi connectivity index (χ4v) is 5.79. The Hall–Kier alpha value is -3.94. The molecule has 5 rings (SSSR count). The van der Waals surface area contributed by atoms with Gasteiger partial charge in [0, 0.05) is 25.2 Å². The van der Waals surface area contributed by atoms with Gasteiger partial charge in [-0.3, -0.25) is 9.59 Å². The van der Waals surface area contributed by atoms with E-state index in [1.165, 1.54) is 28.9 Å². The molecule has 218 valence electrons. The number of nitrogens with zero attached hydrogens (tertiary/aromatic N) is 2. The first-order chi connectivity index (χ1) is 19.1. The van der Waals surface area contributed by atoms with Gasteiger partial charge in [0.15, 0.2) is 16.4 Å². The summed E-state index contributed by atoms with van der Waals surface area (Å²) in [6.45, 7) is -0.0186. The van der Waals surface area contributed by atoms with E-state index in [1.807, 2.05) is 0 Å². The zero-order chi connectivity index (χ0) is 29.7. The smallest absolute Gasteiger partial charge is 0.278 e. The first-order valence-corrected chi connectivity index (χ1v) is 14.6. The van der Waals surface area contributed by atoms with Crippen molar-refractivity contribution in [2.75, 3.05) is 23.9 Å². The second-order valence-corrected chi connectivity index (χ2v) is 12.6. The van der Waals surface area contributed by atoms with Crippen LogP contribution in [0.4, 0.5) is 23.4 Å². The quantitative estimate of drug-likeness (QED) is 0.381. The van der Waals surface area contributed by atoms with Crippen molar-refractivity contribution >= 4 is 27.5 Å². The number of nitrogens with one attached hydrogen (secondary N) is 2. The molecule has 0 radical (unpaired) electrons. The average molecular weight is 595 g/mol. The Morgan fingerprint density at radius 1 is 1.22 bits per heavy atom. The molecule has 2 aliphatic rings. The van der Waals surface area contributed by atoms with E-state index in [1.54, 1.807) is 18.2 Å². The minimum absolute atomic E-state index is 0.0222. The highest BCUT2D eigenvalue weighted by Gasteiger charge is 2.47. The fraction of sp³-hybridized carbons (Fsp3) is 0.370. The Bertz CT molecular complexity index is 1630. The van der Waals surface area contributed by atoms with E-state index in [-0.39, 0.29) is 34.8 Å². The number of aromatic nitrogens is 2. The van der Waals surface area contributed by atoms with E-state index < -0.39 is 51.9 Å². The Labute approximate surface area is 232 Å².